The van der Waals surface area contributed by atoms with Crippen LogP contribution in [0.4, 0.5) is 4.39 Å². The van der Waals surface area contributed by atoms with Gasteiger partial charge < -0.3 is 15.5 Å². The second-order valence-corrected chi connectivity index (χ2v) is 10.8. The highest BCUT2D eigenvalue weighted by atomic mass is 19.1. The lowest BCUT2D eigenvalue weighted by molar-refractivity contribution is -0.137. The van der Waals surface area contributed by atoms with Crippen molar-refractivity contribution in [1.82, 2.24) is 20.5 Å². The van der Waals surface area contributed by atoms with Gasteiger partial charge in [-0.15, -0.1) is 0 Å². The van der Waals surface area contributed by atoms with Crippen LogP contribution in [-0.2, 0) is 9.59 Å². The molecular formula is C31H33FN4O3. The van der Waals surface area contributed by atoms with Crippen LogP contribution in [-0.4, -0.2) is 46.7 Å². The first-order valence-electron chi connectivity index (χ1n) is 13.4. The summed E-state index contributed by atoms with van der Waals surface area (Å²) in [5, 5.41) is 6.29. The number of allylic oxidation sites excluding steroid dienone is 1. The number of halogens is 1. The van der Waals surface area contributed by atoms with E-state index in [1.165, 1.54) is 37.1 Å². The third kappa shape index (κ3) is 6.16. The number of carbonyl (C=O) groups excluding carboxylic acids is 3. The van der Waals surface area contributed by atoms with Gasteiger partial charge in [-0.05, 0) is 73.4 Å². The maximum atomic E-state index is 13.4. The summed E-state index contributed by atoms with van der Waals surface area (Å²) in [5.41, 5.74) is 3.01. The lowest BCUT2D eigenvalue weighted by Crippen LogP contribution is -2.49. The lowest BCUT2D eigenvalue weighted by Gasteiger charge is -2.26. The molecule has 202 valence electrons. The smallest absolute Gasteiger partial charge is 0.270 e. The number of likely N-dealkylation sites (tertiary alicyclic amines) is 1. The molecule has 1 aliphatic heterocycles. The van der Waals surface area contributed by atoms with Gasteiger partial charge in [0.25, 0.3) is 5.91 Å². The van der Waals surface area contributed by atoms with Gasteiger partial charge in [-0.1, -0.05) is 49.4 Å². The molecule has 5 rings (SSSR count). The quantitative estimate of drug-likeness (QED) is 0.440. The van der Waals surface area contributed by atoms with Crippen molar-refractivity contribution in [2.75, 3.05) is 13.1 Å². The number of nitrogens with zero attached hydrogens (tertiary/aromatic N) is 2. The molecule has 3 aromatic rings. The van der Waals surface area contributed by atoms with Crippen molar-refractivity contribution >= 4 is 34.7 Å². The molecule has 1 aliphatic carbocycles. The summed E-state index contributed by atoms with van der Waals surface area (Å²) in [6.45, 7) is 4.41. The first-order valence-corrected chi connectivity index (χ1v) is 13.4. The molecule has 3 amide bonds. The van der Waals surface area contributed by atoms with E-state index < -0.39 is 11.9 Å². The number of nitrogens with one attached hydrogen (secondary N) is 2. The van der Waals surface area contributed by atoms with Crippen molar-refractivity contribution in [3.8, 4) is 0 Å². The summed E-state index contributed by atoms with van der Waals surface area (Å²) < 4.78 is 13.4. The van der Waals surface area contributed by atoms with E-state index >= 15 is 0 Å². The van der Waals surface area contributed by atoms with E-state index in [1.807, 2.05) is 25.1 Å². The zero-order valence-corrected chi connectivity index (χ0v) is 22.2. The molecule has 2 N–H and O–H groups in total. The molecule has 8 heteroatoms. The van der Waals surface area contributed by atoms with Crippen molar-refractivity contribution in [3.63, 3.8) is 0 Å². The number of rotatable bonds is 8. The zero-order chi connectivity index (χ0) is 27.6. The molecule has 2 heterocycles. The molecule has 2 aromatic carbocycles. The van der Waals surface area contributed by atoms with Gasteiger partial charge in [-0.25, -0.2) is 9.37 Å². The third-order valence-corrected chi connectivity index (χ3v) is 7.69. The standard InChI is InChI=1S/C31H33FN4O3/c1-20(24-7-4-3-6-21(24)13-14-31(2)15-16-31)34-30(39)27-8-5-17-36(27)28(37)19-33-29(38)26-11-9-22-18-23(32)10-12-25(22)35-26/h3-4,6-7,9-14,18,20,27H,5,8,15-17,19H2,1-2H3,(H,33,38)(H,34,39)/b14-13+/t20-,27?/m0/s1. The van der Waals surface area contributed by atoms with E-state index in [0.29, 0.717) is 30.3 Å². The van der Waals surface area contributed by atoms with Crippen LogP contribution in [0.2, 0.25) is 0 Å². The van der Waals surface area contributed by atoms with E-state index in [0.717, 1.165) is 11.1 Å². The number of hydrogen-bond donors (Lipinski definition) is 2. The second-order valence-electron chi connectivity index (χ2n) is 10.8. The average molecular weight is 529 g/mol. The van der Waals surface area contributed by atoms with Crippen LogP contribution < -0.4 is 10.6 Å². The molecule has 0 bridgehead atoms. The Morgan fingerprint density at radius 3 is 2.74 bits per heavy atom. The maximum Gasteiger partial charge on any atom is 0.270 e. The summed E-state index contributed by atoms with van der Waals surface area (Å²) >= 11 is 0. The van der Waals surface area contributed by atoms with E-state index in [-0.39, 0.29) is 41.3 Å². The Labute approximate surface area is 227 Å². The molecule has 0 radical (unpaired) electrons. The third-order valence-electron chi connectivity index (χ3n) is 7.69. The SMILES string of the molecule is C[C@H](NC(=O)C1CCCN1C(=O)CNC(=O)c1ccc2cc(F)ccc2n1)c1ccccc1/C=C/C1(C)CC1. The van der Waals surface area contributed by atoms with Gasteiger partial charge in [-0.2, -0.15) is 0 Å². The Bertz CT molecular complexity index is 1450. The molecule has 1 saturated heterocycles. The molecule has 1 saturated carbocycles. The Hall–Kier alpha value is -4.07. The van der Waals surface area contributed by atoms with Crippen molar-refractivity contribution in [2.45, 2.75) is 51.6 Å². The number of benzene rings is 2. The van der Waals surface area contributed by atoms with Gasteiger partial charge in [0.05, 0.1) is 18.1 Å². The predicted molar refractivity (Wildman–Crippen MR) is 148 cm³/mol. The van der Waals surface area contributed by atoms with Gasteiger partial charge in [-0.3, -0.25) is 14.4 Å². The minimum atomic E-state index is -0.585. The molecule has 39 heavy (non-hydrogen) atoms. The van der Waals surface area contributed by atoms with Gasteiger partial charge in [0.15, 0.2) is 0 Å². The van der Waals surface area contributed by atoms with Crippen molar-refractivity contribution in [1.29, 1.82) is 0 Å². The van der Waals surface area contributed by atoms with E-state index in [2.05, 4.69) is 40.8 Å². The Morgan fingerprint density at radius 2 is 1.95 bits per heavy atom. The topological polar surface area (TPSA) is 91.4 Å². The predicted octanol–water partition coefficient (Wildman–Crippen LogP) is 4.79. The fourth-order valence-electron chi connectivity index (χ4n) is 5.01. The van der Waals surface area contributed by atoms with E-state index in [9.17, 15) is 18.8 Å². The van der Waals surface area contributed by atoms with Crippen LogP contribution in [0.3, 0.4) is 0 Å². The monoisotopic (exact) mass is 528 g/mol. The van der Waals surface area contributed by atoms with Crippen LogP contribution in [0.15, 0.2) is 60.7 Å². The van der Waals surface area contributed by atoms with Crippen LogP contribution >= 0.6 is 0 Å². The van der Waals surface area contributed by atoms with Crippen molar-refractivity contribution < 1.29 is 18.8 Å². The number of pyridine rings is 1. The molecule has 0 spiro atoms. The van der Waals surface area contributed by atoms with E-state index in [4.69, 9.17) is 0 Å². The van der Waals surface area contributed by atoms with Crippen LogP contribution in [0.25, 0.3) is 17.0 Å². The van der Waals surface area contributed by atoms with Crippen LogP contribution in [0, 0.1) is 11.2 Å². The lowest BCUT2D eigenvalue weighted by atomic mass is 9.98. The van der Waals surface area contributed by atoms with Crippen molar-refractivity contribution in [3.05, 3.63) is 83.3 Å². The highest BCUT2D eigenvalue weighted by Crippen LogP contribution is 2.46. The van der Waals surface area contributed by atoms with Gasteiger partial charge >= 0.3 is 0 Å². The van der Waals surface area contributed by atoms with E-state index in [1.54, 1.807) is 11.0 Å². The highest BCUT2D eigenvalue weighted by molar-refractivity contribution is 5.97. The summed E-state index contributed by atoms with van der Waals surface area (Å²) in [6.07, 6.45) is 8.07. The number of hydrogen-bond acceptors (Lipinski definition) is 4. The normalized spacial score (nSPS) is 18.7. The highest BCUT2D eigenvalue weighted by Gasteiger charge is 2.35. The van der Waals surface area contributed by atoms with Gasteiger partial charge in [0, 0.05) is 11.9 Å². The zero-order valence-electron chi connectivity index (χ0n) is 22.2. The maximum absolute atomic E-state index is 13.4. The molecule has 2 fully saturated rings. The summed E-state index contributed by atoms with van der Waals surface area (Å²) in [7, 11) is 0. The number of aromatic nitrogens is 1. The summed E-state index contributed by atoms with van der Waals surface area (Å²) in [6, 6.07) is 14.5. The fourth-order valence-corrected chi connectivity index (χ4v) is 5.01. The second kappa shape index (κ2) is 11.0. The summed E-state index contributed by atoms with van der Waals surface area (Å²) in [4.78, 5) is 44.7. The van der Waals surface area contributed by atoms with Crippen LogP contribution in [0.1, 0.15) is 67.2 Å². The molecule has 2 aliphatic rings. The Kier molecular flexibility index (Phi) is 7.46. The van der Waals surface area contributed by atoms with Crippen LogP contribution in [0.5, 0.6) is 0 Å². The Morgan fingerprint density at radius 1 is 1.15 bits per heavy atom. The minimum absolute atomic E-state index is 0.134. The number of fused-ring (bicyclic) bond motifs is 1. The average Bonchev–Trinajstić information content (AvgIpc) is 3.46. The molecule has 2 atom stereocenters. The number of carbonyl (C=O) groups is 3. The first-order chi connectivity index (χ1) is 18.7. The Balaban J connectivity index is 1.19. The molecule has 1 unspecified atom stereocenters. The summed E-state index contributed by atoms with van der Waals surface area (Å²) in [5.74, 6) is -1.41. The van der Waals surface area contributed by atoms with Gasteiger partial charge in [0.1, 0.15) is 17.6 Å². The van der Waals surface area contributed by atoms with Crippen molar-refractivity contribution in [2.24, 2.45) is 5.41 Å². The molecule has 7 nitrogen and oxygen atoms in total. The molecule has 1 aromatic heterocycles. The largest absolute Gasteiger partial charge is 0.348 e. The minimum Gasteiger partial charge on any atom is -0.348 e. The first kappa shape index (κ1) is 26.5. The van der Waals surface area contributed by atoms with Gasteiger partial charge in [0.2, 0.25) is 11.8 Å². The molecular weight excluding hydrogens is 495 g/mol. The number of amides is 3. The fraction of sp³-hybridized carbons (Fsp3) is 0.355.